The highest BCUT2D eigenvalue weighted by atomic mass is 35.5. The van der Waals surface area contributed by atoms with Crippen molar-refractivity contribution >= 4 is 23.4 Å². The topological polar surface area (TPSA) is 69.6 Å². The van der Waals surface area contributed by atoms with Gasteiger partial charge in [-0.05, 0) is 44.0 Å². The minimum Gasteiger partial charge on any atom is -0.419 e. The first-order chi connectivity index (χ1) is 15.2. The van der Waals surface area contributed by atoms with E-state index in [2.05, 4.69) is 31.9 Å². The van der Waals surface area contributed by atoms with Crippen LogP contribution in [0.2, 0.25) is 5.02 Å². The van der Waals surface area contributed by atoms with Crippen molar-refractivity contribution < 1.29 is 4.42 Å². The predicted molar refractivity (Wildman–Crippen MR) is 122 cm³/mol. The van der Waals surface area contributed by atoms with E-state index >= 15 is 0 Å². The number of halogens is 1. The van der Waals surface area contributed by atoms with E-state index in [1.807, 2.05) is 54.6 Å². The smallest absolute Gasteiger partial charge is 0.247 e. The lowest BCUT2D eigenvalue weighted by molar-refractivity contribution is 0.482. The molecule has 1 aliphatic rings. The fourth-order valence-electron chi connectivity index (χ4n) is 3.98. The lowest BCUT2D eigenvalue weighted by Crippen LogP contribution is -2.09. The van der Waals surface area contributed by atoms with E-state index in [9.17, 15) is 0 Å². The van der Waals surface area contributed by atoms with Crippen LogP contribution in [0.15, 0.2) is 64.2 Å². The van der Waals surface area contributed by atoms with Gasteiger partial charge in [0.25, 0.3) is 0 Å². The zero-order chi connectivity index (χ0) is 21.2. The number of thioether (sulfide) groups is 1. The van der Waals surface area contributed by atoms with Gasteiger partial charge in [0.05, 0.1) is 10.3 Å². The maximum absolute atomic E-state index is 6.49. The summed E-state index contributed by atoms with van der Waals surface area (Å²) in [5.41, 5.74) is 1.82. The van der Waals surface area contributed by atoms with Gasteiger partial charge in [-0.2, -0.15) is 0 Å². The molecular weight excluding hydrogens is 430 g/mol. The third kappa shape index (κ3) is 4.12. The monoisotopic (exact) mass is 451 g/mol. The highest BCUT2D eigenvalue weighted by Gasteiger charge is 2.28. The summed E-state index contributed by atoms with van der Waals surface area (Å²) in [4.78, 5) is 0. The molecule has 0 spiro atoms. The van der Waals surface area contributed by atoms with Gasteiger partial charge in [-0.15, -0.1) is 20.4 Å². The lowest BCUT2D eigenvalue weighted by Gasteiger charge is -2.18. The maximum Gasteiger partial charge on any atom is 0.247 e. The average Bonchev–Trinajstić information content (AvgIpc) is 3.55. The normalized spacial score (nSPS) is 15.4. The quantitative estimate of drug-likeness (QED) is 0.307. The molecule has 158 valence electrons. The van der Waals surface area contributed by atoms with Crippen molar-refractivity contribution in [2.45, 2.75) is 49.1 Å². The SMILES string of the molecule is C[C@@H](Sc1nnc(-c2ccccc2Cl)n1C1CCCC1)c1nnc(-c2ccccc2)o1. The van der Waals surface area contributed by atoms with Crippen LogP contribution in [0, 0.1) is 0 Å². The summed E-state index contributed by atoms with van der Waals surface area (Å²) in [6.07, 6.45) is 4.68. The Morgan fingerprint density at radius 1 is 0.968 bits per heavy atom. The van der Waals surface area contributed by atoms with Gasteiger partial charge in [-0.3, -0.25) is 4.57 Å². The first-order valence-electron chi connectivity index (χ1n) is 10.5. The van der Waals surface area contributed by atoms with Crippen molar-refractivity contribution in [2.75, 3.05) is 0 Å². The zero-order valence-electron chi connectivity index (χ0n) is 17.1. The summed E-state index contributed by atoms with van der Waals surface area (Å²) in [6.45, 7) is 2.05. The first kappa shape index (κ1) is 20.3. The highest BCUT2D eigenvalue weighted by Crippen LogP contribution is 2.41. The summed E-state index contributed by atoms with van der Waals surface area (Å²) in [7, 11) is 0. The Hall–Kier alpha value is -2.64. The molecule has 0 N–H and O–H groups in total. The molecule has 4 aromatic rings. The largest absolute Gasteiger partial charge is 0.419 e. The fraction of sp³-hybridized carbons (Fsp3) is 0.304. The Balaban J connectivity index is 1.45. The predicted octanol–water partition coefficient (Wildman–Crippen LogP) is 6.62. The highest BCUT2D eigenvalue weighted by molar-refractivity contribution is 7.99. The number of benzene rings is 2. The van der Waals surface area contributed by atoms with Crippen molar-refractivity contribution in [1.29, 1.82) is 0 Å². The van der Waals surface area contributed by atoms with E-state index in [1.165, 1.54) is 12.8 Å². The molecule has 0 radical (unpaired) electrons. The molecule has 0 amide bonds. The van der Waals surface area contributed by atoms with Crippen LogP contribution in [0.3, 0.4) is 0 Å². The average molecular weight is 452 g/mol. The van der Waals surface area contributed by atoms with Crippen molar-refractivity contribution in [3.05, 3.63) is 65.5 Å². The van der Waals surface area contributed by atoms with Crippen LogP contribution >= 0.6 is 23.4 Å². The van der Waals surface area contributed by atoms with Crippen molar-refractivity contribution in [1.82, 2.24) is 25.0 Å². The van der Waals surface area contributed by atoms with Crippen LogP contribution in [-0.2, 0) is 0 Å². The summed E-state index contributed by atoms with van der Waals surface area (Å²) >= 11 is 8.08. The second-order valence-corrected chi connectivity index (χ2v) is 9.38. The molecule has 0 saturated heterocycles. The number of aromatic nitrogens is 5. The van der Waals surface area contributed by atoms with E-state index < -0.39 is 0 Å². The molecule has 6 nitrogen and oxygen atoms in total. The Morgan fingerprint density at radius 3 is 2.48 bits per heavy atom. The number of hydrogen-bond donors (Lipinski definition) is 0. The van der Waals surface area contributed by atoms with Crippen LogP contribution in [0.1, 0.15) is 49.8 Å². The third-order valence-corrected chi connectivity index (χ3v) is 6.93. The molecule has 1 aliphatic carbocycles. The van der Waals surface area contributed by atoms with Gasteiger partial charge in [0.1, 0.15) is 0 Å². The molecule has 1 saturated carbocycles. The van der Waals surface area contributed by atoms with Gasteiger partial charge in [0, 0.05) is 17.2 Å². The van der Waals surface area contributed by atoms with E-state index in [-0.39, 0.29) is 5.25 Å². The van der Waals surface area contributed by atoms with Gasteiger partial charge in [-0.25, -0.2) is 0 Å². The van der Waals surface area contributed by atoms with Crippen LogP contribution in [0.5, 0.6) is 0 Å². The third-order valence-electron chi connectivity index (χ3n) is 5.56. The van der Waals surface area contributed by atoms with Gasteiger partial charge in [-0.1, -0.05) is 66.5 Å². The number of rotatable bonds is 6. The van der Waals surface area contributed by atoms with Gasteiger partial charge >= 0.3 is 0 Å². The van der Waals surface area contributed by atoms with Crippen molar-refractivity contribution in [3.8, 4) is 22.8 Å². The molecule has 1 atom stereocenters. The Bertz CT molecular complexity index is 1170. The van der Waals surface area contributed by atoms with Gasteiger partial charge in [0.15, 0.2) is 11.0 Å². The molecular formula is C23H22ClN5OS. The molecule has 1 fully saturated rings. The van der Waals surface area contributed by atoms with Crippen LogP contribution in [0.4, 0.5) is 0 Å². The van der Waals surface area contributed by atoms with E-state index in [4.69, 9.17) is 16.0 Å². The molecule has 2 aromatic heterocycles. The standard InChI is InChI=1S/C23H22ClN5OS/c1-15(21-26-27-22(30-21)16-9-3-2-4-10-16)31-23-28-25-20(18-13-7-8-14-19(18)24)29(23)17-11-5-6-12-17/h2-4,7-10,13-15,17H,5-6,11-12H2,1H3/t15-/m1/s1. The minimum absolute atomic E-state index is 0.0617. The van der Waals surface area contributed by atoms with Gasteiger partial charge in [0.2, 0.25) is 11.8 Å². The molecule has 0 aliphatic heterocycles. The summed E-state index contributed by atoms with van der Waals surface area (Å²) < 4.78 is 8.21. The molecule has 31 heavy (non-hydrogen) atoms. The minimum atomic E-state index is -0.0617. The fourth-order valence-corrected chi connectivity index (χ4v) is 5.15. The van der Waals surface area contributed by atoms with Crippen LogP contribution in [0.25, 0.3) is 22.8 Å². The molecule has 0 unspecified atom stereocenters. The van der Waals surface area contributed by atoms with Crippen molar-refractivity contribution in [2.24, 2.45) is 0 Å². The second kappa shape index (κ2) is 8.85. The molecule has 2 aromatic carbocycles. The number of nitrogens with zero attached hydrogens (tertiary/aromatic N) is 5. The molecule has 0 bridgehead atoms. The van der Waals surface area contributed by atoms with Crippen LogP contribution in [-0.4, -0.2) is 25.0 Å². The maximum atomic E-state index is 6.49. The Kier molecular flexibility index (Phi) is 5.78. The van der Waals surface area contributed by atoms with Gasteiger partial charge < -0.3 is 4.42 Å². The lowest BCUT2D eigenvalue weighted by atomic mass is 10.2. The van der Waals surface area contributed by atoms with Crippen LogP contribution < -0.4 is 0 Å². The summed E-state index contributed by atoms with van der Waals surface area (Å²) in [5, 5.41) is 19.0. The van der Waals surface area contributed by atoms with E-state index in [1.54, 1.807) is 11.8 Å². The Labute approximate surface area is 190 Å². The second-order valence-electron chi connectivity index (χ2n) is 7.67. The van der Waals surface area contributed by atoms with E-state index in [0.29, 0.717) is 22.8 Å². The molecule has 5 rings (SSSR count). The van der Waals surface area contributed by atoms with Crippen molar-refractivity contribution in [3.63, 3.8) is 0 Å². The molecule has 2 heterocycles. The number of hydrogen-bond acceptors (Lipinski definition) is 6. The first-order valence-corrected chi connectivity index (χ1v) is 11.7. The van der Waals surface area contributed by atoms with E-state index in [0.717, 1.165) is 34.9 Å². The summed E-state index contributed by atoms with van der Waals surface area (Å²) in [5.74, 6) is 1.92. The zero-order valence-corrected chi connectivity index (χ0v) is 18.7. The molecule has 8 heteroatoms. The Morgan fingerprint density at radius 2 is 1.71 bits per heavy atom. The summed E-state index contributed by atoms with van der Waals surface area (Å²) in [6, 6.07) is 18.0.